The largest absolute Gasteiger partial charge is 0.341 e. The second kappa shape index (κ2) is 10.1. The van der Waals surface area contributed by atoms with Crippen molar-refractivity contribution in [2.45, 2.75) is 46.0 Å². The Kier molecular flexibility index (Phi) is 7.28. The van der Waals surface area contributed by atoms with E-state index < -0.39 is 0 Å². The lowest BCUT2D eigenvalue weighted by molar-refractivity contribution is -0.136. The van der Waals surface area contributed by atoms with E-state index in [1.807, 2.05) is 32.0 Å². The first-order valence-corrected chi connectivity index (χ1v) is 12.1. The molecule has 6 nitrogen and oxygen atoms in total. The molecule has 2 saturated heterocycles. The summed E-state index contributed by atoms with van der Waals surface area (Å²) >= 11 is 0. The van der Waals surface area contributed by atoms with E-state index in [9.17, 15) is 9.59 Å². The Hall–Kier alpha value is -1.92. The zero-order valence-electron chi connectivity index (χ0n) is 19.2. The van der Waals surface area contributed by atoms with Crippen molar-refractivity contribution >= 4 is 17.5 Å². The number of hydrogen-bond donors (Lipinski definition) is 1. The Labute approximate surface area is 187 Å². The van der Waals surface area contributed by atoms with Gasteiger partial charge in [-0.2, -0.15) is 0 Å². The van der Waals surface area contributed by atoms with Crippen LogP contribution in [-0.4, -0.2) is 78.9 Å². The van der Waals surface area contributed by atoms with Crippen LogP contribution >= 0.6 is 0 Å². The van der Waals surface area contributed by atoms with Crippen molar-refractivity contribution in [2.75, 3.05) is 57.7 Å². The van der Waals surface area contributed by atoms with Crippen LogP contribution in [0.5, 0.6) is 0 Å². The Bertz CT molecular complexity index is 767. The summed E-state index contributed by atoms with van der Waals surface area (Å²) in [6.07, 6.45) is 6.58. The highest BCUT2D eigenvalue weighted by atomic mass is 16.2. The van der Waals surface area contributed by atoms with Crippen LogP contribution in [0.2, 0.25) is 0 Å². The van der Waals surface area contributed by atoms with Crippen LogP contribution in [0, 0.1) is 25.7 Å². The summed E-state index contributed by atoms with van der Waals surface area (Å²) in [5, 5.41) is 3.08. The van der Waals surface area contributed by atoms with Gasteiger partial charge < -0.3 is 10.2 Å². The number of likely N-dealkylation sites (tertiary alicyclic amines) is 1. The lowest BCUT2D eigenvalue weighted by Crippen LogP contribution is -2.53. The minimum Gasteiger partial charge on any atom is -0.341 e. The van der Waals surface area contributed by atoms with E-state index in [1.54, 1.807) is 0 Å². The standard InChI is InChI=1S/C25H38N4O2/c1-19-6-5-7-20(2)25(19)26-23(30)17-27-12-14-28(15-13-27)18-24(31)29-11-10-21-8-3-4-9-22(21)16-29/h5-7,21-22H,3-4,8-18H2,1-2H3,(H,26,30)/t21-,22+/m0/s1. The maximum atomic E-state index is 12.9. The van der Waals surface area contributed by atoms with Crippen molar-refractivity contribution in [1.82, 2.24) is 14.7 Å². The summed E-state index contributed by atoms with van der Waals surface area (Å²) in [7, 11) is 0. The number of fused-ring (bicyclic) bond motifs is 1. The molecule has 0 unspecified atom stereocenters. The molecule has 1 aliphatic carbocycles. The fraction of sp³-hybridized carbons (Fsp3) is 0.680. The highest BCUT2D eigenvalue weighted by Gasteiger charge is 2.33. The number of piperidine rings is 1. The van der Waals surface area contributed by atoms with Crippen molar-refractivity contribution in [3.05, 3.63) is 29.3 Å². The molecular weight excluding hydrogens is 388 g/mol. The molecule has 170 valence electrons. The van der Waals surface area contributed by atoms with Crippen LogP contribution in [0.1, 0.15) is 43.2 Å². The SMILES string of the molecule is Cc1cccc(C)c1NC(=O)CN1CCN(CC(=O)N2CC[C@@H]3CCCC[C@@H]3C2)CC1. The summed E-state index contributed by atoms with van der Waals surface area (Å²) in [6.45, 7) is 10.3. The number of nitrogens with one attached hydrogen (secondary N) is 1. The third kappa shape index (κ3) is 5.66. The van der Waals surface area contributed by atoms with Gasteiger partial charge >= 0.3 is 0 Å². The zero-order chi connectivity index (χ0) is 21.8. The molecule has 3 fully saturated rings. The van der Waals surface area contributed by atoms with E-state index >= 15 is 0 Å². The monoisotopic (exact) mass is 426 g/mol. The number of amides is 2. The average molecular weight is 427 g/mol. The van der Waals surface area contributed by atoms with Gasteiger partial charge in [0.2, 0.25) is 11.8 Å². The number of nitrogens with zero attached hydrogens (tertiary/aromatic N) is 3. The van der Waals surface area contributed by atoms with E-state index in [0.717, 1.165) is 67.9 Å². The maximum absolute atomic E-state index is 12.9. The molecule has 4 rings (SSSR count). The van der Waals surface area contributed by atoms with Crippen LogP contribution in [0.3, 0.4) is 0 Å². The molecule has 2 atom stereocenters. The predicted octanol–water partition coefficient (Wildman–Crippen LogP) is 2.90. The van der Waals surface area contributed by atoms with Crippen molar-refractivity contribution < 1.29 is 9.59 Å². The molecule has 2 aliphatic heterocycles. The van der Waals surface area contributed by atoms with Gasteiger partial charge in [0.05, 0.1) is 13.1 Å². The van der Waals surface area contributed by atoms with Gasteiger partial charge in [-0.25, -0.2) is 0 Å². The quantitative estimate of drug-likeness (QED) is 0.787. The lowest BCUT2D eigenvalue weighted by atomic mass is 9.75. The van der Waals surface area contributed by atoms with E-state index in [-0.39, 0.29) is 5.91 Å². The zero-order valence-corrected chi connectivity index (χ0v) is 19.2. The summed E-state index contributed by atoms with van der Waals surface area (Å²) in [5.74, 6) is 1.93. The first-order valence-electron chi connectivity index (χ1n) is 12.1. The van der Waals surface area contributed by atoms with Crippen LogP contribution in [0.25, 0.3) is 0 Å². The molecule has 0 aromatic heterocycles. The second-order valence-electron chi connectivity index (χ2n) is 9.80. The van der Waals surface area contributed by atoms with Gasteiger partial charge in [0.15, 0.2) is 0 Å². The summed E-state index contributed by atoms with van der Waals surface area (Å²) in [6, 6.07) is 6.06. The molecule has 1 N–H and O–H groups in total. The molecule has 1 aromatic rings. The maximum Gasteiger partial charge on any atom is 0.238 e. The number of hydrogen-bond acceptors (Lipinski definition) is 4. The van der Waals surface area contributed by atoms with E-state index in [1.165, 1.54) is 32.1 Å². The topological polar surface area (TPSA) is 55.9 Å². The number of para-hydroxylation sites is 1. The molecular formula is C25H38N4O2. The molecule has 0 bridgehead atoms. The molecule has 2 heterocycles. The molecule has 1 aromatic carbocycles. The Balaban J connectivity index is 1.19. The average Bonchev–Trinajstić information content (AvgIpc) is 2.77. The number of aryl methyl sites for hydroxylation is 2. The first-order chi connectivity index (χ1) is 15.0. The van der Waals surface area contributed by atoms with Gasteiger partial charge in [0.25, 0.3) is 0 Å². The van der Waals surface area contributed by atoms with Crippen LogP contribution in [0.15, 0.2) is 18.2 Å². The normalized spacial score (nSPS) is 25.2. The summed E-state index contributed by atoms with van der Waals surface area (Å²) in [5.41, 5.74) is 3.11. The lowest BCUT2D eigenvalue weighted by Gasteiger charge is -2.42. The Morgan fingerprint density at radius 1 is 0.871 bits per heavy atom. The highest BCUT2D eigenvalue weighted by Crippen LogP contribution is 2.36. The number of benzene rings is 1. The number of carbonyl (C=O) groups excluding carboxylic acids is 2. The van der Waals surface area contributed by atoms with E-state index in [2.05, 4.69) is 20.0 Å². The summed E-state index contributed by atoms with van der Waals surface area (Å²) < 4.78 is 0. The van der Waals surface area contributed by atoms with Gasteiger partial charge in [-0.1, -0.05) is 37.5 Å². The number of piperazine rings is 1. The molecule has 6 heteroatoms. The number of anilines is 1. The Morgan fingerprint density at radius 2 is 1.48 bits per heavy atom. The van der Waals surface area contributed by atoms with E-state index in [4.69, 9.17) is 0 Å². The number of rotatable bonds is 5. The smallest absolute Gasteiger partial charge is 0.238 e. The number of carbonyl (C=O) groups is 2. The fourth-order valence-corrected chi connectivity index (χ4v) is 5.62. The van der Waals surface area contributed by atoms with Crippen LogP contribution in [-0.2, 0) is 9.59 Å². The van der Waals surface area contributed by atoms with Gasteiger partial charge in [-0.05, 0) is 49.7 Å². The second-order valence-corrected chi connectivity index (χ2v) is 9.80. The third-order valence-electron chi connectivity index (χ3n) is 7.58. The van der Waals surface area contributed by atoms with Crippen molar-refractivity contribution in [3.63, 3.8) is 0 Å². The highest BCUT2D eigenvalue weighted by molar-refractivity contribution is 5.93. The molecule has 31 heavy (non-hydrogen) atoms. The summed E-state index contributed by atoms with van der Waals surface area (Å²) in [4.78, 5) is 32.0. The van der Waals surface area contributed by atoms with Crippen LogP contribution < -0.4 is 5.32 Å². The van der Waals surface area contributed by atoms with Crippen molar-refractivity contribution in [2.24, 2.45) is 11.8 Å². The van der Waals surface area contributed by atoms with Gasteiger partial charge in [0.1, 0.15) is 0 Å². The molecule has 0 radical (unpaired) electrons. The van der Waals surface area contributed by atoms with Crippen molar-refractivity contribution in [3.8, 4) is 0 Å². The first kappa shape index (κ1) is 22.3. The van der Waals surface area contributed by atoms with Gasteiger partial charge in [-0.15, -0.1) is 0 Å². The predicted molar refractivity (Wildman–Crippen MR) is 124 cm³/mol. The minimum atomic E-state index is 0.0391. The van der Waals surface area contributed by atoms with Gasteiger partial charge in [0, 0.05) is 45.0 Å². The molecule has 3 aliphatic rings. The molecule has 1 saturated carbocycles. The fourth-order valence-electron chi connectivity index (χ4n) is 5.62. The van der Waals surface area contributed by atoms with Crippen molar-refractivity contribution in [1.29, 1.82) is 0 Å². The molecule has 2 amide bonds. The van der Waals surface area contributed by atoms with E-state index in [0.29, 0.717) is 19.0 Å². The van der Waals surface area contributed by atoms with Crippen LogP contribution in [0.4, 0.5) is 5.69 Å². The Morgan fingerprint density at radius 3 is 2.16 bits per heavy atom. The minimum absolute atomic E-state index is 0.0391. The molecule has 0 spiro atoms. The third-order valence-corrected chi connectivity index (χ3v) is 7.58. The van der Waals surface area contributed by atoms with Gasteiger partial charge in [-0.3, -0.25) is 19.4 Å².